The highest BCUT2D eigenvalue weighted by atomic mass is 35.5. The van der Waals surface area contributed by atoms with Crippen LogP contribution >= 0.6 is 11.6 Å². The van der Waals surface area contributed by atoms with Crippen molar-refractivity contribution < 1.29 is 22.7 Å². The minimum atomic E-state index is -3.59. The molecule has 0 aliphatic heterocycles. The zero-order chi connectivity index (χ0) is 22.6. The number of amides is 2. The number of benzene rings is 2. The number of carbonyl (C=O) groups is 2. The van der Waals surface area contributed by atoms with Crippen LogP contribution in [0.5, 0.6) is 5.75 Å². The second-order valence-electron chi connectivity index (χ2n) is 6.88. The third-order valence-corrected chi connectivity index (χ3v) is 6.33. The summed E-state index contributed by atoms with van der Waals surface area (Å²) < 4.78 is 30.9. The van der Waals surface area contributed by atoms with E-state index in [0.717, 1.165) is 15.4 Å². The number of ether oxygens (including phenoxy) is 1. The number of nitrogens with zero attached hydrogens (tertiary/aromatic N) is 1. The van der Waals surface area contributed by atoms with E-state index in [2.05, 4.69) is 10.9 Å². The fourth-order valence-corrected chi connectivity index (χ4v) is 3.82. The molecule has 0 unspecified atom stereocenters. The van der Waals surface area contributed by atoms with Crippen LogP contribution in [0.1, 0.15) is 28.4 Å². The summed E-state index contributed by atoms with van der Waals surface area (Å²) in [4.78, 5) is 24.6. The Hall–Kier alpha value is -2.62. The van der Waals surface area contributed by atoms with Gasteiger partial charge in [0.15, 0.2) is 6.10 Å². The number of aryl methyl sites for hydroxylation is 2. The molecule has 0 aliphatic rings. The molecule has 30 heavy (non-hydrogen) atoms. The van der Waals surface area contributed by atoms with Gasteiger partial charge in [-0.2, -0.15) is 0 Å². The molecule has 0 saturated carbocycles. The highest BCUT2D eigenvalue weighted by molar-refractivity contribution is 7.89. The van der Waals surface area contributed by atoms with Crippen LogP contribution in [-0.2, 0) is 14.8 Å². The molecule has 0 spiro atoms. The van der Waals surface area contributed by atoms with E-state index in [1.807, 2.05) is 13.8 Å². The summed E-state index contributed by atoms with van der Waals surface area (Å²) in [6.45, 7) is 5.19. The fourth-order valence-electron chi connectivity index (χ4n) is 2.59. The van der Waals surface area contributed by atoms with Gasteiger partial charge >= 0.3 is 0 Å². The number of halogens is 1. The monoisotopic (exact) mass is 453 g/mol. The first-order valence-electron chi connectivity index (χ1n) is 8.99. The lowest BCUT2D eigenvalue weighted by atomic mass is 10.1. The van der Waals surface area contributed by atoms with Crippen LogP contribution in [0.2, 0.25) is 5.02 Å². The van der Waals surface area contributed by atoms with E-state index in [1.54, 1.807) is 19.1 Å². The van der Waals surface area contributed by atoms with Gasteiger partial charge in [0, 0.05) is 24.7 Å². The number of hydrogen-bond donors (Lipinski definition) is 2. The van der Waals surface area contributed by atoms with Crippen molar-refractivity contribution in [2.45, 2.75) is 31.8 Å². The van der Waals surface area contributed by atoms with Crippen molar-refractivity contribution in [3.8, 4) is 5.75 Å². The number of sulfonamides is 1. The Morgan fingerprint density at radius 1 is 1.03 bits per heavy atom. The molecule has 0 heterocycles. The molecule has 2 aromatic carbocycles. The molecular weight excluding hydrogens is 430 g/mol. The van der Waals surface area contributed by atoms with Crippen LogP contribution in [0.4, 0.5) is 0 Å². The summed E-state index contributed by atoms with van der Waals surface area (Å²) in [5.74, 6) is -0.599. The molecule has 10 heteroatoms. The van der Waals surface area contributed by atoms with E-state index in [1.165, 1.54) is 38.4 Å². The van der Waals surface area contributed by atoms with Crippen LogP contribution in [0.15, 0.2) is 41.3 Å². The van der Waals surface area contributed by atoms with E-state index >= 15 is 0 Å². The van der Waals surface area contributed by atoms with Crippen molar-refractivity contribution in [3.63, 3.8) is 0 Å². The molecule has 0 aromatic heterocycles. The van der Waals surface area contributed by atoms with Crippen LogP contribution in [-0.4, -0.2) is 44.7 Å². The maximum atomic E-state index is 12.3. The molecule has 8 nitrogen and oxygen atoms in total. The molecule has 2 amide bonds. The first-order valence-corrected chi connectivity index (χ1v) is 10.8. The van der Waals surface area contributed by atoms with E-state index in [-0.39, 0.29) is 10.5 Å². The molecule has 2 N–H and O–H groups in total. The highest BCUT2D eigenvalue weighted by Crippen LogP contribution is 2.27. The Labute approximate surface area is 181 Å². The zero-order valence-electron chi connectivity index (χ0n) is 17.3. The molecule has 1 atom stereocenters. The van der Waals surface area contributed by atoms with Crippen molar-refractivity contribution in [2.24, 2.45) is 0 Å². The molecule has 2 aromatic rings. The standard InChI is InChI=1S/C20H24ClN3O5S/c1-12-10-16(21)11-13(2)18(12)29-14(3)19(25)22-23-20(26)15-6-8-17(9-7-15)30(27,28)24(4)5/h6-11,14H,1-5H3,(H,22,25)(H,23,26)/t14-/m0/s1. The van der Waals surface area contributed by atoms with E-state index in [4.69, 9.17) is 16.3 Å². The summed E-state index contributed by atoms with van der Waals surface area (Å²) in [5.41, 5.74) is 6.35. The summed E-state index contributed by atoms with van der Waals surface area (Å²) in [6, 6.07) is 8.83. The molecule has 0 fully saturated rings. The first-order chi connectivity index (χ1) is 13.9. The summed E-state index contributed by atoms with van der Waals surface area (Å²) in [7, 11) is -0.752. The minimum Gasteiger partial charge on any atom is -0.480 e. The normalized spacial score (nSPS) is 12.4. The molecule has 2 rings (SSSR count). The van der Waals surface area contributed by atoms with Gasteiger partial charge in [-0.1, -0.05) is 11.6 Å². The second-order valence-corrected chi connectivity index (χ2v) is 9.47. The first kappa shape index (κ1) is 23.7. The van der Waals surface area contributed by atoms with Crippen molar-refractivity contribution in [2.75, 3.05) is 14.1 Å². The van der Waals surface area contributed by atoms with Crippen LogP contribution in [0.3, 0.4) is 0 Å². The minimum absolute atomic E-state index is 0.0591. The van der Waals surface area contributed by atoms with Crippen LogP contribution in [0.25, 0.3) is 0 Å². The summed E-state index contributed by atoms with van der Waals surface area (Å²) in [5, 5.41) is 0.575. The van der Waals surface area contributed by atoms with E-state index in [9.17, 15) is 18.0 Å². The van der Waals surface area contributed by atoms with Gasteiger partial charge in [-0.3, -0.25) is 20.4 Å². The lowest BCUT2D eigenvalue weighted by molar-refractivity contribution is -0.128. The Balaban J connectivity index is 1.98. The van der Waals surface area contributed by atoms with Gasteiger partial charge in [0.25, 0.3) is 11.8 Å². The smallest absolute Gasteiger partial charge is 0.279 e. The lowest BCUT2D eigenvalue weighted by Crippen LogP contribution is -2.47. The average molecular weight is 454 g/mol. The van der Waals surface area contributed by atoms with Crippen molar-refractivity contribution in [3.05, 3.63) is 58.1 Å². The van der Waals surface area contributed by atoms with Crippen molar-refractivity contribution in [1.82, 2.24) is 15.2 Å². The van der Waals surface area contributed by atoms with E-state index < -0.39 is 27.9 Å². The molecule has 0 radical (unpaired) electrons. The maximum Gasteiger partial charge on any atom is 0.279 e. The maximum absolute atomic E-state index is 12.3. The van der Waals surface area contributed by atoms with Gasteiger partial charge in [0.1, 0.15) is 5.75 Å². The Kier molecular flexibility index (Phi) is 7.46. The predicted molar refractivity (Wildman–Crippen MR) is 114 cm³/mol. The topological polar surface area (TPSA) is 105 Å². The number of rotatable bonds is 6. The fraction of sp³-hybridized carbons (Fsp3) is 0.300. The zero-order valence-corrected chi connectivity index (χ0v) is 18.9. The Morgan fingerprint density at radius 2 is 1.57 bits per heavy atom. The quantitative estimate of drug-likeness (QED) is 0.653. The van der Waals surface area contributed by atoms with Crippen LogP contribution in [0, 0.1) is 13.8 Å². The highest BCUT2D eigenvalue weighted by Gasteiger charge is 2.20. The SMILES string of the molecule is Cc1cc(Cl)cc(C)c1O[C@@H](C)C(=O)NNC(=O)c1ccc(S(=O)(=O)N(C)C)cc1. The largest absolute Gasteiger partial charge is 0.480 e. The van der Waals surface area contributed by atoms with Gasteiger partial charge in [-0.05, 0) is 68.3 Å². The van der Waals surface area contributed by atoms with Crippen molar-refractivity contribution >= 4 is 33.4 Å². The molecule has 162 valence electrons. The second kappa shape index (κ2) is 9.46. The van der Waals surface area contributed by atoms with Crippen molar-refractivity contribution in [1.29, 1.82) is 0 Å². The number of carbonyl (C=O) groups excluding carboxylic acids is 2. The van der Waals surface area contributed by atoms with E-state index in [0.29, 0.717) is 10.8 Å². The molecule has 0 aliphatic carbocycles. The summed E-state index contributed by atoms with van der Waals surface area (Å²) >= 11 is 6.00. The molecule has 0 saturated heterocycles. The average Bonchev–Trinajstić information content (AvgIpc) is 2.68. The molecule has 0 bridgehead atoms. The number of hydrazine groups is 1. The van der Waals surface area contributed by atoms with Gasteiger partial charge in [-0.15, -0.1) is 0 Å². The Morgan fingerprint density at radius 3 is 2.07 bits per heavy atom. The van der Waals surface area contributed by atoms with Gasteiger partial charge in [-0.25, -0.2) is 12.7 Å². The number of hydrogen-bond acceptors (Lipinski definition) is 5. The third-order valence-electron chi connectivity index (χ3n) is 4.28. The summed E-state index contributed by atoms with van der Waals surface area (Å²) in [6.07, 6.45) is -0.878. The van der Waals surface area contributed by atoms with Crippen LogP contribution < -0.4 is 15.6 Å². The third kappa shape index (κ3) is 5.50. The lowest BCUT2D eigenvalue weighted by Gasteiger charge is -2.18. The molecular formula is C20H24ClN3O5S. The van der Waals surface area contributed by atoms with Gasteiger partial charge in [0.05, 0.1) is 4.90 Å². The Bertz CT molecular complexity index is 1030. The van der Waals surface area contributed by atoms with Gasteiger partial charge < -0.3 is 4.74 Å². The van der Waals surface area contributed by atoms with Gasteiger partial charge in [0.2, 0.25) is 10.0 Å². The predicted octanol–water partition coefficient (Wildman–Crippen LogP) is 2.44. The number of nitrogens with one attached hydrogen (secondary N) is 2.